The van der Waals surface area contributed by atoms with Crippen LogP contribution in [-0.4, -0.2) is 51.5 Å². The van der Waals surface area contributed by atoms with Gasteiger partial charge in [-0.1, -0.05) is 24.2 Å². The van der Waals surface area contributed by atoms with Crippen LogP contribution in [0, 0.1) is 0 Å². The lowest BCUT2D eigenvalue weighted by atomic mass is 10.1. The number of methoxy groups -OCH3 is 1. The predicted octanol–water partition coefficient (Wildman–Crippen LogP) is 4.38. The Labute approximate surface area is 235 Å². The monoisotopic (exact) mass is 571 g/mol. The third-order valence-corrected chi connectivity index (χ3v) is 8.79. The Morgan fingerprint density at radius 2 is 1.97 bits per heavy atom. The largest absolute Gasteiger partial charge is 0.497 e. The number of anilines is 1. The Hall–Kier alpha value is -3.38. The number of hydrogen-bond acceptors (Lipinski definition) is 9. The zero-order chi connectivity index (χ0) is 27.9. The Morgan fingerprint density at radius 3 is 2.74 bits per heavy atom. The van der Waals surface area contributed by atoms with Crippen LogP contribution < -0.4 is 15.4 Å². The number of hydrogen-bond donors (Lipinski definition) is 2. The molecule has 2 amide bonds. The Bertz CT molecular complexity index is 1350. The van der Waals surface area contributed by atoms with Crippen molar-refractivity contribution in [1.29, 1.82) is 0 Å². The maximum absolute atomic E-state index is 13.2. The molecule has 1 atom stereocenters. The van der Waals surface area contributed by atoms with Crippen LogP contribution in [0.2, 0.25) is 0 Å². The summed E-state index contributed by atoms with van der Waals surface area (Å²) in [5.74, 6) is 0.262. The molecule has 0 spiro atoms. The standard InChI is InChI=1S/C27H33N5O5S2/c1-5-37-26(35)22-19-12-7-6-8-13-20(19)39-25(22)29-23(33)16(2)38-27-31-30-21(32(27)3)15-28-24(34)17-10-9-11-18(14-17)36-4/h9-11,14,16H,5-8,12-13,15H2,1-4H3,(H,28,34)(H,29,33). The molecule has 1 aliphatic carbocycles. The number of nitrogens with one attached hydrogen (secondary N) is 2. The van der Waals surface area contributed by atoms with Crippen molar-refractivity contribution in [2.75, 3.05) is 19.0 Å². The van der Waals surface area contributed by atoms with E-state index in [2.05, 4.69) is 20.8 Å². The van der Waals surface area contributed by atoms with E-state index in [1.165, 1.54) is 23.1 Å². The molecule has 39 heavy (non-hydrogen) atoms. The zero-order valence-electron chi connectivity index (χ0n) is 22.5. The Kier molecular flexibility index (Phi) is 9.63. The maximum atomic E-state index is 13.2. The molecule has 4 rings (SSSR count). The van der Waals surface area contributed by atoms with Gasteiger partial charge in [0.2, 0.25) is 5.91 Å². The van der Waals surface area contributed by atoms with Crippen LogP contribution in [0.3, 0.4) is 0 Å². The molecule has 0 fully saturated rings. The molecular weight excluding hydrogens is 538 g/mol. The summed E-state index contributed by atoms with van der Waals surface area (Å²) in [7, 11) is 3.33. The smallest absolute Gasteiger partial charge is 0.341 e. The van der Waals surface area contributed by atoms with E-state index in [9.17, 15) is 14.4 Å². The predicted molar refractivity (Wildman–Crippen MR) is 151 cm³/mol. The number of nitrogens with zero attached hydrogens (tertiary/aromatic N) is 3. The number of ether oxygens (including phenoxy) is 2. The number of carbonyl (C=O) groups is 3. The molecule has 0 bridgehead atoms. The van der Waals surface area contributed by atoms with Crippen LogP contribution in [0.1, 0.15) is 70.1 Å². The number of aromatic nitrogens is 3. The number of aryl methyl sites for hydroxylation is 1. The van der Waals surface area contributed by atoms with E-state index in [0.29, 0.717) is 32.9 Å². The van der Waals surface area contributed by atoms with E-state index in [4.69, 9.17) is 9.47 Å². The summed E-state index contributed by atoms with van der Waals surface area (Å²) >= 11 is 2.73. The molecule has 1 aromatic carbocycles. The SMILES string of the molecule is CCOC(=O)c1c(NC(=O)C(C)Sc2nnc(CNC(=O)c3cccc(OC)c3)n2C)sc2c1CCCCC2. The topological polar surface area (TPSA) is 124 Å². The van der Waals surface area contributed by atoms with Gasteiger partial charge in [0.1, 0.15) is 10.8 Å². The summed E-state index contributed by atoms with van der Waals surface area (Å²) in [5, 5.41) is 14.8. The molecule has 0 aliphatic heterocycles. The number of fused-ring (bicyclic) bond motifs is 1. The van der Waals surface area contributed by atoms with E-state index in [-0.39, 0.29) is 30.9 Å². The number of rotatable bonds is 10. The van der Waals surface area contributed by atoms with Gasteiger partial charge in [0.25, 0.3) is 5.91 Å². The number of carbonyl (C=O) groups excluding carboxylic acids is 3. The van der Waals surface area contributed by atoms with Crippen LogP contribution in [0.4, 0.5) is 5.00 Å². The van der Waals surface area contributed by atoms with Gasteiger partial charge in [-0.25, -0.2) is 4.79 Å². The molecule has 2 N–H and O–H groups in total. The fraction of sp³-hybridized carbons (Fsp3) is 0.444. The molecule has 208 valence electrons. The first-order chi connectivity index (χ1) is 18.8. The maximum Gasteiger partial charge on any atom is 0.341 e. The second-order valence-corrected chi connectivity index (χ2v) is 11.5. The second-order valence-electron chi connectivity index (χ2n) is 9.11. The van der Waals surface area contributed by atoms with E-state index in [1.54, 1.807) is 56.8 Å². The summed E-state index contributed by atoms with van der Waals surface area (Å²) in [5.41, 5.74) is 1.99. The molecule has 1 unspecified atom stereocenters. The highest BCUT2D eigenvalue weighted by atomic mass is 32.2. The van der Waals surface area contributed by atoms with Crippen LogP contribution in [0.25, 0.3) is 0 Å². The molecule has 0 saturated heterocycles. The number of amides is 2. The highest BCUT2D eigenvalue weighted by Crippen LogP contribution is 2.38. The number of esters is 1. The highest BCUT2D eigenvalue weighted by Gasteiger charge is 2.28. The average Bonchev–Trinajstić information content (AvgIpc) is 3.36. The van der Waals surface area contributed by atoms with Crippen LogP contribution >= 0.6 is 23.1 Å². The van der Waals surface area contributed by atoms with Gasteiger partial charge in [0, 0.05) is 17.5 Å². The summed E-state index contributed by atoms with van der Waals surface area (Å²) < 4.78 is 12.2. The van der Waals surface area contributed by atoms with Crippen molar-refractivity contribution < 1.29 is 23.9 Å². The fourth-order valence-corrected chi connectivity index (χ4v) is 6.42. The van der Waals surface area contributed by atoms with Gasteiger partial charge < -0.3 is 24.7 Å². The van der Waals surface area contributed by atoms with Gasteiger partial charge >= 0.3 is 5.97 Å². The lowest BCUT2D eigenvalue weighted by Gasteiger charge is -2.12. The molecule has 3 aromatic rings. The number of benzene rings is 1. The molecular formula is C27H33N5O5S2. The van der Waals surface area contributed by atoms with Crippen molar-refractivity contribution in [1.82, 2.24) is 20.1 Å². The van der Waals surface area contributed by atoms with Crippen LogP contribution in [-0.2, 0) is 36.0 Å². The number of thioether (sulfide) groups is 1. The van der Waals surface area contributed by atoms with E-state index in [0.717, 1.165) is 42.5 Å². The summed E-state index contributed by atoms with van der Waals surface area (Å²) in [6, 6.07) is 6.88. The van der Waals surface area contributed by atoms with Crippen molar-refractivity contribution in [3.8, 4) is 5.75 Å². The van der Waals surface area contributed by atoms with Gasteiger partial charge in [-0.2, -0.15) is 0 Å². The van der Waals surface area contributed by atoms with Crippen molar-refractivity contribution >= 4 is 45.9 Å². The van der Waals surface area contributed by atoms with Gasteiger partial charge in [-0.05, 0) is 63.3 Å². The second kappa shape index (κ2) is 13.1. The Balaban J connectivity index is 1.40. The normalized spacial score (nSPS) is 13.6. The average molecular weight is 572 g/mol. The van der Waals surface area contributed by atoms with Crippen molar-refractivity contribution in [3.63, 3.8) is 0 Å². The van der Waals surface area contributed by atoms with Crippen molar-refractivity contribution in [2.45, 2.75) is 62.9 Å². The summed E-state index contributed by atoms with van der Waals surface area (Å²) in [6.45, 7) is 4.00. The minimum absolute atomic E-state index is 0.171. The van der Waals surface area contributed by atoms with E-state index in [1.807, 2.05) is 0 Å². The number of thiophene rings is 1. The van der Waals surface area contributed by atoms with Gasteiger partial charge in [-0.3, -0.25) is 9.59 Å². The first-order valence-corrected chi connectivity index (χ1v) is 14.6. The summed E-state index contributed by atoms with van der Waals surface area (Å²) in [4.78, 5) is 39.7. The third kappa shape index (κ3) is 6.80. The lowest BCUT2D eigenvalue weighted by molar-refractivity contribution is -0.115. The minimum Gasteiger partial charge on any atom is -0.497 e. The van der Waals surface area contributed by atoms with Gasteiger partial charge in [0.15, 0.2) is 11.0 Å². The molecule has 0 saturated carbocycles. The highest BCUT2D eigenvalue weighted by molar-refractivity contribution is 8.00. The van der Waals surface area contributed by atoms with E-state index < -0.39 is 5.25 Å². The molecule has 10 nitrogen and oxygen atoms in total. The van der Waals surface area contributed by atoms with Crippen LogP contribution in [0.5, 0.6) is 5.75 Å². The first kappa shape index (κ1) is 28.6. The van der Waals surface area contributed by atoms with Gasteiger partial charge in [0.05, 0.1) is 31.1 Å². The molecule has 0 radical (unpaired) electrons. The quantitative estimate of drug-likeness (QED) is 0.209. The van der Waals surface area contributed by atoms with Crippen molar-refractivity contribution in [2.24, 2.45) is 7.05 Å². The Morgan fingerprint density at radius 1 is 1.18 bits per heavy atom. The zero-order valence-corrected chi connectivity index (χ0v) is 24.2. The van der Waals surface area contributed by atoms with Crippen LogP contribution in [0.15, 0.2) is 29.4 Å². The van der Waals surface area contributed by atoms with Gasteiger partial charge in [-0.15, -0.1) is 21.5 Å². The van der Waals surface area contributed by atoms with E-state index >= 15 is 0 Å². The molecule has 12 heteroatoms. The lowest BCUT2D eigenvalue weighted by Crippen LogP contribution is -2.25. The molecule has 1 aliphatic rings. The third-order valence-electron chi connectivity index (χ3n) is 6.45. The molecule has 2 aromatic heterocycles. The summed E-state index contributed by atoms with van der Waals surface area (Å²) in [6.07, 6.45) is 4.94. The minimum atomic E-state index is -0.510. The molecule has 2 heterocycles. The van der Waals surface area contributed by atoms with Crippen molar-refractivity contribution in [3.05, 3.63) is 51.7 Å². The first-order valence-electron chi connectivity index (χ1n) is 12.9. The fourth-order valence-electron chi connectivity index (χ4n) is 4.30.